The number of carbonyl (C=O) groups is 2. The van der Waals surface area contributed by atoms with Crippen LogP contribution >= 0.6 is 0 Å². The molecule has 1 aliphatic rings. The summed E-state index contributed by atoms with van der Waals surface area (Å²) in [6, 6.07) is -0.470. The summed E-state index contributed by atoms with van der Waals surface area (Å²) in [5.74, 6) is -0.147. The third-order valence-electron chi connectivity index (χ3n) is 3.44. The zero-order valence-corrected chi connectivity index (χ0v) is 11.6. The van der Waals surface area contributed by atoms with Crippen molar-refractivity contribution >= 4 is 11.8 Å². The molecule has 2 amide bonds. The summed E-state index contributed by atoms with van der Waals surface area (Å²) in [7, 11) is 0. The van der Waals surface area contributed by atoms with Crippen LogP contribution in [-0.2, 0) is 9.59 Å². The molecule has 5 heteroatoms. The number of rotatable bonds is 5. The zero-order valence-electron chi connectivity index (χ0n) is 11.6. The highest BCUT2D eigenvalue weighted by Gasteiger charge is 2.35. The molecule has 2 unspecified atom stereocenters. The SMILES string of the molecule is CCCNC(=O)C(C)NC(=O)C1(C)CCCNC1. The molecule has 2 atom stereocenters. The van der Waals surface area contributed by atoms with Gasteiger partial charge in [-0.25, -0.2) is 0 Å². The minimum absolute atomic E-state index is 0.0335. The lowest BCUT2D eigenvalue weighted by Gasteiger charge is -2.33. The Balaban J connectivity index is 2.45. The van der Waals surface area contributed by atoms with Gasteiger partial charge < -0.3 is 16.0 Å². The van der Waals surface area contributed by atoms with Gasteiger partial charge in [-0.2, -0.15) is 0 Å². The number of hydrogen-bond acceptors (Lipinski definition) is 3. The van der Waals surface area contributed by atoms with Gasteiger partial charge in [-0.05, 0) is 39.7 Å². The summed E-state index contributed by atoms with van der Waals surface area (Å²) in [5.41, 5.74) is -0.391. The summed E-state index contributed by atoms with van der Waals surface area (Å²) in [5, 5.41) is 8.82. The van der Waals surface area contributed by atoms with Crippen molar-refractivity contribution in [3.63, 3.8) is 0 Å². The summed E-state index contributed by atoms with van der Waals surface area (Å²) < 4.78 is 0. The lowest BCUT2D eigenvalue weighted by atomic mass is 9.82. The van der Waals surface area contributed by atoms with Crippen molar-refractivity contribution in [1.29, 1.82) is 0 Å². The van der Waals surface area contributed by atoms with Gasteiger partial charge in [-0.1, -0.05) is 6.92 Å². The highest BCUT2D eigenvalue weighted by atomic mass is 16.2. The van der Waals surface area contributed by atoms with Gasteiger partial charge in [0.25, 0.3) is 0 Å². The average molecular weight is 255 g/mol. The lowest BCUT2D eigenvalue weighted by Crippen LogP contribution is -2.53. The summed E-state index contributed by atoms with van der Waals surface area (Å²) in [6.45, 7) is 7.97. The molecule has 1 aliphatic heterocycles. The van der Waals surface area contributed by atoms with Crippen LogP contribution in [-0.4, -0.2) is 37.5 Å². The van der Waals surface area contributed by atoms with Crippen molar-refractivity contribution < 1.29 is 9.59 Å². The predicted molar refractivity (Wildman–Crippen MR) is 71.1 cm³/mol. The minimum Gasteiger partial charge on any atom is -0.354 e. The molecular formula is C13H25N3O2. The van der Waals surface area contributed by atoms with Gasteiger partial charge in [0.15, 0.2) is 0 Å². The smallest absolute Gasteiger partial charge is 0.242 e. The van der Waals surface area contributed by atoms with E-state index in [1.807, 2.05) is 13.8 Å². The number of carbonyl (C=O) groups excluding carboxylic acids is 2. The first-order valence-corrected chi connectivity index (χ1v) is 6.79. The molecule has 104 valence electrons. The minimum atomic E-state index is -0.470. The fourth-order valence-corrected chi connectivity index (χ4v) is 2.09. The fraction of sp³-hybridized carbons (Fsp3) is 0.846. The normalized spacial score (nSPS) is 25.3. The van der Waals surface area contributed by atoms with Crippen molar-refractivity contribution in [2.24, 2.45) is 5.41 Å². The van der Waals surface area contributed by atoms with Crippen LogP contribution in [0.1, 0.15) is 40.0 Å². The van der Waals surface area contributed by atoms with Crippen LogP contribution in [0.2, 0.25) is 0 Å². The summed E-state index contributed by atoms with van der Waals surface area (Å²) in [4.78, 5) is 23.9. The molecule has 0 aromatic carbocycles. The van der Waals surface area contributed by atoms with E-state index in [4.69, 9.17) is 0 Å². The number of nitrogens with one attached hydrogen (secondary N) is 3. The molecule has 5 nitrogen and oxygen atoms in total. The third-order valence-corrected chi connectivity index (χ3v) is 3.44. The van der Waals surface area contributed by atoms with Crippen LogP contribution in [0.15, 0.2) is 0 Å². The van der Waals surface area contributed by atoms with E-state index in [0.717, 1.165) is 25.8 Å². The van der Waals surface area contributed by atoms with Crippen molar-refractivity contribution in [1.82, 2.24) is 16.0 Å². The van der Waals surface area contributed by atoms with Gasteiger partial charge in [-0.3, -0.25) is 9.59 Å². The van der Waals surface area contributed by atoms with Crippen LogP contribution in [0, 0.1) is 5.41 Å². The Bertz CT molecular complexity index is 299. The molecule has 1 saturated heterocycles. The maximum atomic E-state index is 12.2. The Hall–Kier alpha value is -1.10. The lowest BCUT2D eigenvalue weighted by molar-refractivity contribution is -0.135. The van der Waals surface area contributed by atoms with Crippen molar-refractivity contribution in [3.8, 4) is 0 Å². The van der Waals surface area contributed by atoms with E-state index >= 15 is 0 Å². The first-order chi connectivity index (χ1) is 8.49. The molecule has 0 saturated carbocycles. The molecular weight excluding hydrogens is 230 g/mol. The quantitative estimate of drug-likeness (QED) is 0.666. The summed E-state index contributed by atoms with van der Waals surface area (Å²) >= 11 is 0. The van der Waals surface area contributed by atoms with Gasteiger partial charge in [-0.15, -0.1) is 0 Å². The highest BCUT2D eigenvalue weighted by molar-refractivity contribution is 5.89. The Morgan fingerprint density at radius 2 is 2.17 bits per heavy atom. The first-order valence-electron chi connectivity index (χ1n) is 6.79. The number of piperidine rings is 1. The molecule has 0 radical (unpaired) electrons. The van der Waals surface area contributed by atoms with E-state index < -0.39 is 11.5 Å². The predicted octanol–water partition coefficient (Wildman–Crippen LogP) is 0.407. The van der Waals surface area contributed by atoms with E-state index in [9.17, 15) is 9.59 Å². The topological polar surface area (TPSA) is 70.2 Å². The molecule has 1 heterocycles. The standard InChI is InChI=1S/C13H25N3O2/c1-4-7-15-11(17)10(2)16-12(18)13(3)6-5-8-14-9-13/h10,14H,4-9H2,1-3H3,(H,15,17)(H,16,18). The van der Waals surface area contributed by atoms with Crippen LogP contribution < -0.4 is 16.0 Å². The van der Waals surface area contributed by atoms with Gasteiger partial charge in [0.1, 0.15) is 6.04 Å². The monoisotopic (exact) mass is 255 g/mol. The zero-order chi connectivity index (χ0) is 13.6. The average Bonchev–Trinajstić information content (AvgIpc) is 2.36. The Kier molecular flexibility index (Phi) is 5.59. The van der Waals surface area contributed by atoms with Crippen molar-refractivity contribution in [3.05, 3.63) is 0 Å². The highest BCUT2D eigenvalue weighted by Crippen LogP contribution is 2.25. The maximum absolute atomic E-state index is 12.2. The maximum Gasteiger partial charge on any atom is 0.242 e. The first kappa shape index (κ1) is 15.0. The molecule has 3 N–H and O–H groups in total. The van der Waals surface area contributed by atoms with Crippen LogP contribution in [0.4, 0.5) is 0 Å². The van der Waals surface area contributed by atoms with Crippen LogP contribution in [0.25, 0.3) is 0 Å². The van der Waals surface area contributed by atoms with Gasteiger partial charge in [0.05, 0.1) is 5.41 Å². The van der Waals surface area contributed by atoms with E-state index in [1.54, 1.807) is 6.92 Å². The Morgan fingerprint density at radius 3 is 2.72 bits per heavy atom. The second-order valence-electron chi connectivity index (χ2n) is 5.33. The van der Waals surface area contributed by atoms with E-state index in [0.29, 0.717) is 13.1 Å². The molecule has 1 fully saturated rings. The molecule has 0 bridgehead atoms. The second-order valence-corrected chi connectivity index (χ2v) is 5.33. The Morgan fingerprint density at radius 1 is 1.44 bits per heavy atom. The number of hydrogen-bond donors (Lipinski definition) is 3. The molecule has 0 spiro atoms. The summed E-state index contributed by atoms with van der Waals surface area (Å²) in [6.07, 6.45) is 2.77. The van der Waals surface area contributed by atoms with E-state index in [2.05, 4.69) is 16.0 Å². The molecule has 18 heavy (non-hydrogen) atoms. The second kappa shape index (κ2) is 6.73. The Labute approximate surface area is 109 Å². The van der Waals surface area contributed by atoms with Gasteiger partial charge >= 0.3 is 0 Å². The molecule has 0 aromatic rings. The van der Waals surface area contributed by atoms with Crippen molar-refractivity contribution in [2.45, 2.75) is 46.1 Å². The molecule has 0 aliphatic carbocycles. The van der Waals surface area contributed by atoms with Gasteiger partial charge in [0.2, 0.25) is 11.8 Å². The fourth-order valence-electron chi connectivity index (χ4n) is 2.09. The number of amides is 2. The molecule has 0 aromatic heterocycles. The van der Waals surface area contributed by atoms with Crippen molar-refractivity contribution in [2.75, 3.05) is 19.6 Å². The van der Waals surface area contributed by atoms with Gasteiger partial charge in [0, 0.05) is 13.1 Å². The van der Waals surface area contributed by atoms with E-state index in [1.165, 1.54) is 0 Å². The third kappa shape index (κ3) is 3.98. The molecule has 1 rings (SSSR count). The van der Waals surface area contributed by atoms with Crippen LogP contribution in [0.3, 0.4) is 0 Å². The largest absolute Gasteiger partial charge is 0.354 e. The van der Waals surface area contributed by atoms with Crippen LogP contribution in [0.5, 0.6) is 0 Å². The van der Waals surface area contributed by atoms with E-state index in [-0.39, 0.29) is 11.8 Å².